The van der Waals surface area contributed by atoms with Crippen LogP contribution in [0.5, 0.6) is 11.5 Å². The van der Waals surface area contributed by atoms with Crippen molar-refractivity contribution < 1.29 is 9.84 Å². The molecule has 1 N–H and O–H groups in total. The minimum Gasteiger partial charge on any atom is -0.508 e. The molecule has 24 heavy (non-hydrogen) atoms. The van der Waals surface area contributed by atoms with Crippen LogP contribution >= 0.6 is 11.8 Å². The molecule has 0 radical (unpaired) electrons. The second-order valence-corrected chi connectivity index (χ2v) is 13.7. The Bertz CT molecular complexity index is 645. The molecule has 0 bridgehead atoms. The van der Waals surface area contributed by atoms with E-state index in [4.69, 9.17) is 4.74 Å². The van der Waals surface area contributed by atoms with Gasteiger partial charge in [-0.1, -0.05) is 45.9 Å². The van der Waals surface area contributed by atoms with Crippen molar-refractivity contribution in [3.05, 3.63) is 48.5 Å². The maximum atomic E-state index is 9.49. The van der Waals surface area contributed by atoms with E-state index in [-0.39, 0.29) is 0 Å². The number of methoxy groups -OCH3 is 1. The minimum absolute atomic E-state index is 0.320. The summed E-state index contributed by atoms with van der Waals surface area (Å²) in [6.07, 6.45) is 0. The van der Waals surface area contributed by atoms with E-state index in [2.05, 4.69) is 52.0 Å². The first-order valence-corrected chi connectivity index (χ1v) is 11.8. The molecule has 0 aliphatic heterocycles. The first kappa shape index (κ1) is 18.9. The molecule has 0 spiro atoms. The van der Waals surface area contributed by atoms with Crippen molar-refractivity contribution in [2.75, 3.05) is 12.5 Å². The third-order valence-corrected chi connectivity index (χ3v) is 13.6. The third-order valence-electron chi connectivity index (χ3n) is 4.98. The third kappa shape index (κ3) is 3.81. The van der Waals surface area contributed by atoms with Gasteiger partial charge < -0.3 is 9.84 Å². The zero-order valence-corrected chi connectivity index (χ0v) is 17.1. The van der Waals surface area contributed by atoms with Gasteiger partial charge in [-0.05, 0) is 52.0 Å². The fourth-order valence-electron chi connectivity index (χ4n) is 3.47. The molecule has 0 unspecified atom stereocenters. The summed E-state index contributed by atoms with van der Waals surface area (Å²) in [7, 11) is -0.0432. The summed E-state index contributed by atoms with van der Waals surface area (Å²) >= 11 is 1.90. The summed E-state index contributed by atoms with van der Waals surface area (Å²) < 4.78 is 5.71. The predicted octanol–water partition coefficient (Wildman–Crippen LogP) is 5.21. The number of aromatic hydroxyl groups is 1. The zero-order valence-electron chi connectivity index (χ0n) is 15.2. The molecule has 2 aromatic carbocycles. The number of rotatable bonds is 7. The Labute approximate surface area is 151 Å². The highest BCUT2D eigenvalue weighted by Crippen LogP contribution is 2.38. The van der Waals surface area contributed by atoms with Crippen LogP contribution in [-0.2, 0) is 0 Å². The Morgan fingerprint density at radius 3 is 2.08 bits per heavy atom. The maximum Gasteiger partial charge on any atom is 0.118 e. The van der Waals surface area contributed by atoms with E-state index in [0.717, 1.165) is 11.1 Å². The number of phenols is 1. The van der Waals surface area contributed by atoms with E-state index in [1.165, 1.54) is 10.1 Å². The van der Waals surface area contributed by atoms with Crippen molar-refractivity contribution in [3.8, 4) is 11.5 Å². The fourth-order valence-corrected chi connectivity index (χ4v) is 12.3. The van der Waals surface area contributed by atoms with Crippen molar-refractivity contribution in [2.45, 2.75) is 43.7 Å². The highest BCUT2D eigenvalue weighted by Gasteiger charge is 2.43. The molecule has 0 aliphatic carbocycles. The fraction of sp³-hybridized carbons (Fsp3) is 0.400. The molecule has 0 saturated heterocycles. The minimum atomic E-state index is -1.81. The van der Waals surface area contributed by atoms with Crippen LogP contribution in [0, 0.1) is 0 Å². The topological polar surface area (TPSA) is 29.5 Å². The van der Waals surface area contributed by atoms with Gasteiger partial charge in [-0.3, -0.25) is 0 Å². The Morgan fingerprint density at radius 1 is 0.958 bits per heavy atom. The number of hydrogen-bond acceptors (Lipinski definition) is 3. The summed E-state index contributed by atoms with van der Waals surface area (Å²) in [4.78, 5) is 1.21. The largest absolute Gasteiger partial charge is 0.508 e. The normalized spacial score (nSPS) is 12.0. The molecular formula is C20H28O2SSi. The van der Waals surface area contributed by atoms with Crippen LogP contribution in [0.3, 0.4) is 0 Å². The van der Waals surface area contributed by atoms with Gasteiger partial charge in [0.25, 0.3) is 0 Å². The molecule has 0 saturated carbocycles. The lowest BCUT2D eigenvalue weighted by atomic mass is 10.3. The molecule has 2 nitrogen and oxygen atoms in total. The Kier molecular flexibility index (Phi) is 6.41. The molecular weight excluding hydrogens is 332 g/mol. The Morgan fingerprint density at radius 2 is 1.54 bits per heavy atom. The number of hydrogen-bond donors (Lipinski definition) is 1. The van der Waals surface area contributed by atoms with Gasteiger partial charge in [0.2, 0.25) is 0 Å². The summed E-state index contributed by atoms with van der Waals surface area (Å²) in [5, 5.41) is 12.0. The van der Waals surface area contributed by atoms with Crippen molar-refractivity contribution in [1.29, 1.82) is 0 Å². The van der Waals surface area contributed by atoms with Crippen LogP contribution in [0.2, 0.25) is 11.1 Å². The molecule has 130 valence electrons. The number of phenolic OH excluding ortho intramolecular Hbond substituents is 1. The summed E-state index contributed by atoms with van der Waals surface area (Å²) in [5.74, 6) is 1.35. The number of benzene rings is 2. The SMILES string of the molecule is COc1ccccc1[Si](CSc1ccc(O)cc1)(C(C)C)C(C)C. The smallest absolute Gasteiger partial charge is 0.118 e. The summed E-state index contributed by atoms with van der Waals surface area (Å²) in [6, 6.07) is 16.1. The van der Waals surface area contributed by atoms with Gasteiger partial charge in [0.05, 0.1) is 7.11 Å². The van der Waals surface area contributed by atoms with Crippen LogP contribution in [0.4, 0.5) is 0 Å². The van der Waals surface area contributed by atoms with Crippen LogP contribution < -0.4 is 9.92 Å². The molecule has 0 heterocycles. The monoisotopic (exact) mass is 360 g/mol. The number of para-hydroxylation sites is 1. The average Bonchev–Trinajstić information content (AvgIpc) is 2.57. The number of thioether (sulfide) groups is 1. The van der Waals surface area contributed by atoms with Gasteiger partial charge in [-0.25, -0.2) is 0 Å². The van der Waals surface area contributed by atoms with Gasteiger partial charge in [-0.15, -0.1) is 11.8 Å². The predicted molar refractivity (Wildman–Crippen MR) is 107 cm³/mol. The van der Waals surface area contributed by atoms with Crippen LogP contribution in [0.15, 0.2) is 53.4 Å². The molecule has 0 atom stereocenters. The van der Waals surface area contributed by atoms with Gasteiger partial charge in [-0.2, -0.15) is 0 Å². The van der Waals surface area contributed by atoms with E-state index in [9.17, 15) is 5.11 Å². The molecule has 2 aromatic rings. The quantitative estimate of drug-likeness (QED) is 0.543. The standard InChI is InChI=1S/C20H28O2SSi/c1-15(2)24(16(3)4,20-9-7-6-8-19(20)22-5)14-23-18-12-10-17(21)11-13-18/h6-13,15-16,21H,14H2,1-5H3. The first-order valence-electron chi connectivity index (χ1n) is 8.47. The van der Waals surface area contributed by atoms with Crippen molar-refractivity contribution in [1.82, 2.24) is 0 Å². The average molecular weight is 361 g/mol. The molecule has 4 heteroatoms. The second kappa shape index (κ2) is 8.12. The lowest BCUT2D eigenvalue weighted by molar-refractivity contribution is 0.417. The zero-order chi connectivity index (χ0) is 17.7. The van der Waals surface area contributed by atoms with Crippen molar-refractivity contribution in [3.63, 3.8) is 0 Å². The molecule has 0 aromatic heterocycles. The Balaban J connectivity index is 2.41. The molecule has 0 fully saturated rings. The highest BCUT2D eigenvalue weighted by molar-refractivity contribution is 8.01. The Hall–Kier alpha value is -1.39. The van der Waals surface area contributed by atoms with E-state index in [1.807, 2.05) is 23.9 Å². The van der Waals surface area contributed by atoms with E-state index < -0.39 is 8.07 Å². The second-order valence-electron chi connectivity index (χ2n) is 6.83. The van der Waals surface area contributed by atoms with E-state index in [0.29, 0.717) is 16.8 Å². The van der Waals surface area contributed by atoms with E-state index in [1.54, 1.807) is 19.2 Å². The summed E-state index contributed by atoms with van der Waals surface area (Å²) in [5.41, 5.74) is 1.22. The highest BCUT2D eigenvalue weighted by atomic mass is 32.2. The summed E-state index contributed by atoms with van der Waals surface area (Å²) in [6.45, 7) is 9.43. The van der Waals surface area contributed by atoms with Gasteiger partial charge in [0.15, 0.2) is 0 Å². The van der Waals surface area contributed by atoms with Crippen LogP contribution in [0.1, 0.15) is 27.7 Å². The number of ether oxygens (including phenoxy) is 1. The van der Waals surface area contributed by atoms with Crippen molar-refractivity contribution >= 4 is 25.0 Å². The molecule has 0 aliphatic rings. The van der Waals surface area contributed by atoms with E-state index >= 15 is 0 Å². The van der Waals surface area contributed by atoms with Gasteiger partial charge in [0, 0.05) is 4.90 Å². The lowest BCUT2D eigenvalue weighted by Gasteiger charge is -2.40. The lowest BCUT2D eigenvalue weighted by Crippen LogP contribution is -2.56. The van der Waals surface area contributed by atoms with Crippen LogP contribution in [0.25, 0.3) is 0 Å². The maximum absolute atomic E-state index is 9.49. The first-order chi connectivity index (χ1) is 11.4. The molecule has 0 amide bonds. The van der Waals surface area contributed by atoms with Crippen molar-refractivity contribution in [2.24, 2.45) is 0 Å². The van der Waals surface area contributed by atoms with Gasteiger partial charge >= 0.3 is 0 Å². The van der Waals surface area contributed by atoms with Crippen LogP contribution in [-0.4, -0.2) is 25.7 Å². The van der Waals surface area contributed by atoms with Gasteiger partial charge in [0.1, 0.15) is 19.6 Å². The molecule has 2 rings (SSSR count).